The molecule has 1 saturated heterocycles. The smallest absolute Gasteiger partial charge is 0.246 e. The molecule has 0 atom stereocenters. The normalized spacial score (nSPS) is 14.9. The molecule has 3 aromatic carbocycles. The highest BCUT2D eigenvalue weighted by molar-refractivity contribution is 6.00. The summed E-state index contributed by atoms with van der Waals surface area (Å²) in [5.41, 5.74) is 6.07. The van der Waals surface area contributed by atoms with Crippen molar-refractivity contribution >= 4 is 22.4 Å². The van der Waals surface area contributed by atoms with Crippen molar-refractivity contribution in [3.8, 4) is 16.9 Å². The van der Waals surface area contributed by atoms with Crippen LogP contribution in [0.2, 0.25) is 0 Å². The van der Waals surface area contributed by atoms with Gasteiger partial charge in [0, 0.05) is 41.7 Å². The number of carbonyl (C=O) groups is 1. The third-order valence-corrected chi connectivity index (χ3v) is 7.04. The minimum Gasteiger partial charge on any atom is -0.496 e. The third-order valence-electron chi connectivity index (χ3n) is 7.04. The van der Waals surface area contributed by atoms with Gasteiger partial charge in [-0.3, -0.25) is 4.79 Å². The fourth-order valence-corrected chi connectivity index (χ4v) is 5.03. The fourth-order valence-electron chi connectivity index (χ4n) is 5.03. The number of ether oxygens (including phenoxy) is 1. The molecule has 0 unspecified atom stereocenters. The molecule has 4 heteroatoms. The SMILES string of the molecule is COc1cc2occ(-c3ccccc3)c2cc1/C(C)=C/C(=O)N1CCC(Cc2ccccc2)CC1. The number of hydrogen-bond donors (Lipinski definition) is 0. The van der Waals surface area contributed by atoms with E-state index in [1.54, 1.807) is 19.4 Å². The predicted molar refractivity (Wildman–Crippen MR) is 141 cm³/mol. The molecule has 5 rings (SSSR count). The van der Waals surface area contributed by atoms with Crippen LogP contribution in [0.15, 0.2) is 89.6 Å². The van der Waals surface area contributed by atoms with Gasteiger partial charge in [-0.15, -0.1) is 0 Å². The van der Waals surface area contributed by atoms with Crippen molar-refractivity contribution < 1.29 is 13.9 Å². The monoisotopic (exact) mass is 465 g/mol. The van der Waals surface area contributed by atoms with E-state index >= 15 is 0 Å². The lowest BCUT2D eigenvalue weighted by molar-refractivity contribution is -0.127. The Hall–Kier alpha value is -3.79. The van der Waals surface area contributed by atoms with Gasteiger partial charge in [0.05, 0.1) is 13.4 Å². The van der Waals surface area contributed by atoms with Crippen molar-refractivity contribution in [3.63, 3.8) is 0 Å². The van der Waals surface area contributed by atoms with E-state index < -0.39 is 0 Å². The zero-order valence-corrected chi connectivity index (χ0v) is 20.4. The molecule has 1 amide bonds. The number of furan rings is 1. The Bertz CT molecular complexity index is 1330. The van der Waals surface area contributed by atoms with E-state index in [-0.39, 0.29) is 5.91 Å². The summed E-state index contributed by atoms with van der Waals surface area (Å²) in [5, 5.41) is 1.01. The molecule has 0 bridgehead atoms. The number of benzene rings is 3. The molecule has 35 heavy (non-hydrogen) atoms. The number of methoxy groups -OCH3 is 1. The highest BCUT2D eigenvalue weighted by atomic mass is 16.5. The summed E-state index contributed by atoms with van der Waals surface area (Å²) in [4.78, 5) is 15.1. The Labute approximate surface area is 206 Å². The van der Waals surface area contributed by atoms with Gasteiger partial charge in [-0.05, 0) is 54.9 Å². The molecule has 0 radical (unpaired) electrons. The Morgan fingerprint density at radius 2 is 1.71 bits per heavy atom. The van der Waals surface area contributed by atoms with Crippen LogP contribution in [0.5, 0.6) is 5.75 Å². The topological polar surface area (TPSA) is 42.7 Å². The summed E-state index contributed by atoms with van der Waals surface area (Å²) in [6.07, 6.45) is 6.70. The molecule has 1 aromatic heterocycles. The van der Waals surface area contributed by atoms with Crippen molar-refractivity contribution in [1.82, 2.24) is 4.90 Å². The maximum atomic E-state index is 13.1. The number of piperidine rings is 1. The molecule has 1 aliphatic rings. The van der Waals surface area contributed by atoms with Crippen molar-refractivity contribution in [3.05, 3.63) is 96.3 Å². The molecule has 2 heterocycles. The second kappa shape index (κ2) is 10.2. The number of allylic oxidation sites excluding steroid dienone is 1. The maximum absolute atomic E-state index is 13.1. The van der Waals surface area contributed by atoms with Crippen molar-refractivity contribution in [2.75, 3.05) is 20.2 Å². The van der Waals surface area contributed by atoms with Crippen LogP contribution in [-0.2, 0) is 11.2 Å². The average molecular weight is 466 g/mol. The first-order chi connectivity index (χ1) is 17.1. The standard InChI is InChI=1S/C31H31NO3/c1-22(17-31(33)32-15-13-24(14-16-32)18-23-9-5-3-6-10-23)26-19-27-28(25-11-7-4-8-12-25)21-35-30(27)20-29(26)34-2/h3-12,17,19-21,24H,13-16,18H2,1-2H3/b22-17+. The second-order valence-electron chi connectivity index (χ2n) is 9.35. The Balaban J connectivity index is 1.33. The summed E-state index contributed by atoms with van der Waals surface area (Å²) in [6, 6.07) is 24.8. The van der Waals surface area contributed by atoms with Crippen LogP contribution in [0.4, 0.5) is 0 Å². The van der Waals surface area contributed by atoms with Gasteiger partial charge in [-0.25, -0.2) is 0 Å². The lowest BCUT2D eigenvalue weighted by Gasteiger charge is -2.31. The van der Waals surface area contributed by atoms with Crippen LogP contribution >= 0.6 is 0 Å². The van der Waals surface area contributed by atoms with E-state index in [0.717, 1.165) is 65.6 Å². The summed E-state index contributed by atoms with van der Waals surface area (Å²) in [6.45, 7) is 3.58. The van der Waals surface area contributed by atoms with Gasteiger partial charge in [0.2, 0.25) is 5.91 Å². The minimum atomic E-state index is 0.0679. The summed E-state index contributed by atoms with van der Waals surface area (Å²) in [5.74, 6) is 1.40. The number of fused-ring (bicyclic) bond motifs is 1. The molecule has 1 fully saturated rings. The number of likely N-dealkylation sites (tertiary alicyclic amines) is 1. The molecule has 0 N–H and O–H groups in total. The second-order valence-corrected chi connectivity index (χ2v) is 9.35. The molecule has 4 aromatic rings. The van der Waals surface area contributed by atoms with Gasteiger partial charge < -0.3 is 14.1 Å². The van der Waals surface area contributed by atoms with Crippen molar-refractivity contribution in [2.45, 2.75) is 26.2 Å². The number of nitrogens with zero attached hydrogens (tertiary/aromatic N) is 1. The van der Waals surface area contributed by atoms with Crippen LogP contribution in [0.25, 0.3) is 27.7 Å². The first-order valence-electron chi connectivity index (χ1n) is 12.3. The quantitative estimate of drug-likeness (QED) is 0.288. The lowest BCUT2D eigenvalue weighted by atomic mass is 9.90. The minimum absolute atomic E-state index is 0.0679. The zero-order valence-electron chi connectivity index (χ0n) is 20.4. The summed E-state index contributed by atoms with van der Waals surface area (Å²) < 4.78 is 11.5. The number of amides is 1. The Morgan fingerprint density at radius 3 is 2.40 bits per heavy atom. The number of carbonyl (C=O) groups excluding carboxylic acids is 1. The van der Waals surface area contributed by atoms with Crippen LogP contribution in [0, 0.1) is 5.92 Å². The van der Waals surface area contributed by atoms with Gasteiger partial charge in [-0.2, -0.15) is 0 Å². The largest absolute Gasteiger partial charge is 0.496 e. The predicted octanol–water partition coefficient (Wildman–Crippen LogP) is 6.99. The average Bonchev–Trinajstić information content (AvgIpc) is 3.32. The van der Waals surface area contributed by atoms with Gasteiger partial charge in [-0.1, -0.05) is 60.7 Å². The van der Waals surface area contributed by atoms with Gasteiger partial charge in [0.1, 0.15) is 11.3 Å². The zero-order chi connectivity index (χ0) is 24.2. The lowest BCUT2D eigenvalue weighted by Crippen LogP contribution is -2.38. The molecule has 0 saturated carbocycles. The summed E-state index contributed by atoms with van der Waals surface area (Å²) in [7, 11) is 1.65. The van der Waals surface area contributed by atoms with Crippen LogP contribution in [0.3, 0.4) is 0 Å². The first-order valence-corrected chi connectivity index (χ1v) is 12.3. The number of rotatable bonds is 6. The highest BCUT2D eigenvalue weighted by Gasteiger charge is 2.23. The van der Waals surface area contributed by atoms with E-state index in [4.69, 9.17) is 9.15 Å². The van der Waals surface area contributed by atoms with E-state index in [9.17, 15) is 4.79 Å². The third kappa shape index (κ3) is 5.02. The first kappa shape index (κ1) is 23.0. The van der Waals surface area contributed by atoms with E-state index in [1.807, 2.05) is 36.1 Å². The van der Waals surface area contributed by atoms with Gasteiger partial charge in [0.15, 0.2) is 0 Å². The van der Waals surface area contributed by atoms with Crippen molar-refractivity contribution in [2.24, 2.45) is 5.92 Å². The van der Waals surface area contributed by atoms with Crippen LogP contribution in [-0.4, -0.2) is 31.0 Å². The molecular formula is C31H31NO3. The van der Waals surface area contributed by atoms with E-state index in [0.29, 0.717) is 11.7 Å². The molecular weight excluding hydrogens is 434 g/mol. The highest BCUT2D eigenvalue weighted by Crippen LogP contribution is 2.37. The Morgan fingerprint density at radius 1 is 1.03 bits per heavy atom. The summed E-state index contributed by atoms with van der Waals surface area (Å²) >= 11 is 0. The van der Waals surface area contributed by atoms with E-state index in [1.165, 1.54) is 5.56 Å². The van der Waals surface area contributed by atoms with Crippen LogP contribution in [0.1, 0.15) is 30.9 Å². The number of hydrogen-bond acceptors (Lipinski definition) is 3. The molecule has 1 aliphatic heterocycles. The van der Waals surface area contributed by atoms with E-state index in [2.05, 4.69) is 48.5 Å². The van der Waals surface area contributed by atoms with Crippen molar-refractivity contribution in [1.29, 1.82) is 0 Å². The fraction of sp³-hybridized carbons (Fsp3) is 0.258. The molecule has 178 valence electrons. The Kier molecular flexibility index (Phi) is 6.71. The van der Waals surface area contributed by atoms with Gasteiger partial charge >= 0.3 is 0 Å². The molecule has 4 nitrogen and oxygen atoms in total. The molecule has 0 aliphatic carbocycles. The van der Waals surface area contributed by atoms with Gasteiger partial charge in [0.25, 0.3) is 0 Å². The van der Waals surface area contributed by atoms with Crippen LogP contribution < -0.4 is 4.74 Å². The maximum Gasteiger partial charge on any atom is 0.246 e. The molecule has 0 spiro atoms.